The Morgan fingerprint density at radius 1 is 1.26 bits per heavy atom. The molecule has 140 valence electrons. The second kappa shape index (κ2) is 6.23. The minimum absolute atomic E-state index is 0.289. The zero-order valence-corrected chi connectivity index (χ0v) is 15.2. The molecule has 8 heteroatoms. The summed E-state index contributed by atoms with van der Waals surface area (Å²) in [5.74, 6) is -3.68. The molecule has 3 heterocycles. The summed E-state index contributed by atoms with van der Waals surface area (Å²) in [6.07, 6.45) is 1.50. The highest BCUT2D eigenvalue weighted by atomic mass is 32.1. The van der Waals surface area contributed by atoms with Crippen LogP contribution in [0.5, 0.6) is 0 Å². The molecule has 3 aromatic rings. The van der Waals surface area contributed by atoms with E-state index in [2.05, 4.69) is 0 Å². The van der Waals surface area contributed by atoms with Crippen molar-refractivity contribution in [3.8, 4) is 11.1 Å². The lowest BCUT2D eigenvalue weighted by Crippen LogP contribution is -2.59. The number of hydrogen-bond acceptors (Lipinski definition) is 3. The van der Waals surface area contributed by atoms with Crippen molar-refractivity contribution in [1.29, 1.82) is 0 Å². The molecule has 2 aromatic heterocycles. The molecule has 0 N–H and O–H groups in total. The predicted molar refractivity (Wildman–Crippen MR) is 97.7 cm³/mol. The molecular formula is C19H15F3N2O2S. The van der Waals surface area contributed by atoms with Crippen molar-refractivity contribution in [2.75, 3.05) is 13.1 Å². The molecule has 4 rings (SSSR count). The van der Waals surface area contributed by atoms with Gasteiger partial charge in [0.1, 0.15) is 12.4 Å². The smallest absolute Gasteiger partial charge is 0.282 e. The van der Waals surface area contributed by atoms with Gasteiger partial charge in [-0.2, -0.15) is 0 Å². The van der Waals surface area contributed by atoms with Gasteiger partial charge in [0.15, 0.2) is 0 Å². The fourth-order valence-corrected chi connectivity index (χ4v) is 4.12. The van der Waals surface area contributed by atoms with Gasteiger partial charge in [0.25, 0.3) is 11.5 Å². The first-order valence-electron chi connectivity index (χ1n) is 8.28. The van der Waals surface area contributed by atoms with Gasteiger partial charge < -0.3 is 9.47 Å². The van der Waals surface area contributed by atoms with Crippen LogP contribution in [0.4, 0.5) is 13.2 Å². The van der Waals surface area contributed by atoms with E-state index in [-0.39, 0.29) is 17.9 Å². The fourth-order valence-electron chi connectivity index (χ4n) is 3.17. The summed E-state index contributed by atoms with van der Waals surface area (Å²) in [5.41, 5.74) is 1.48. The highest BCUT2D eigenvalue weighted by Gasteiger charge is 2.46. The number of thiophene rings is 1. The quantitative estimate of drug-likeness (QED) is 0.683. The van der Waals surface area contributed by atoms with Crippen molar-refractivity contribution in [2.45, 2.75) is 19.4 Å². The van der Waals surface area contributed by atoms with Crippen LogP contribution >= 0.6 is 11.3 Å². The van der Waals surface area contributed by atoms with Gasteiger partial charge in [0, 0.05) is 21.8 Å². The van der Waals surface area contributed by atoms with Gasteiger partial charge in [-0.25, -0.2) is 13.2 Å². The molecule has 27 heavy (non-hydrogen) atoms. The van der Waals surface area contributed by atoms with Gasteiger partial charge in [-0.15, -0.1) is 11.3 Å². The van der Waals surface area contributed by atoms with Gasteiger partial charge in [0.05, 0.1) is 18.5 Å². The molecule has 1 aliphatic heterocycles. The van der Waals surface area contributed by atoms with Crippen LogP contribution in [0, 0.1) is 12.7 Å². The summed E-state index contributed by atoms with van der Waals surface area (Å²) in [4.78, 5) is 26.1. The van der Waals surface area contributed by atoms with Gasteiger partial charge in [-0.3, -0.25) is 9.59 Å². The minimum Gasteiger partial charge on any atom is -0.329 e. The van der Waals surface area contributed by atoms with E-state index in [1.807, 2.05) is 5.38 Å². The maximum absolute atomic E-state index is 13.6. The monoisotopic (exact) mass is 392 g/mol. The molecule has 4 nitrogen and oxygen atoms in total. The predicted octanol–water partition coefficient (Wildman–Crippen LogP) is 3.66. The Hall–Kier alpha value is -2.61. The number of alkyl halides is 2. The molecule has 0 radical (unpaired) electrons. The van der Waals surface area contributed by atoms with Crippen LogP contribution in [-0.4, -0.2) is 34.4 Å². The molecular weight excluding hydrogens is 377 g/mol. The van der Waals surface area contributed by atoms with E-state index >= 15 is 0 Å². The molecule has 0 unspecified atom stereocenters. The van der Waals surface area contributed by atoms with E-state index in [0.29, 0.717) is 22.1 Å². The third-order valence-corrected chi connectivity index (χ3v) is 5.62. The van der Waals surface area contributed by atoms with Gasteiger partial charge in [0.2, 0.25) is 5.91 Å². The third kappa shape index (κ3) is 3.14. The number of fused-ring (bicyclic) bond motifs is 1. The van der Waals surface area contributed by atoms with Crippen molar-refractivity contribution in [1.82, 2.24) is 9.47 Å². The summed E-state index contributed by atoms with van der Waals surface area (Å²) >= 11 is 1.38. The molecule has 0 saturated carbocycles. The number of benzene rings is 1. The third-order valence-electron chi connectivity index (χ3n) is 4.67. The Morgan fingerprint density at radius 2 is 2.00 bits per heavy atom. The number of likely N-dealkylation sites (tertiary alicyclic amines) is 1. The maximum atomic E-state index is 13.6. The normalized spacial score (nSPS) is 15.8. The van der Waals surface area contributed by atoms with Crippen LogP contribution in [0.15, 0.2) is 40.6 Å². The van der Waals surface area contributed by atoms with Crippen molar-refractivity contribution in [3.05, 3.63) is 57.6 Å². The van der Waals surface area contributed by atoms with Gasteiger partial charge in [-0.1, -0.05) is 6.07 Å². The number of rotatable bonds is 3. The SMILES string of the molecule is Cc1cc(-c2csc3ccn(CC(=O)N4CC(F)(F)C4)c(=O)c23)ccc1F. The summed E-state index contributed by atoms with van der Waals surface area (Å²) in [6, 6.07) is 6.34. The average Bonchev–Trinajstić information content (AvgIpc) is 3.02. The molecule has 1 saturated heterocycles. The Bertz CT molecular complexity index is 1110. The van der Waals surface area contributed by atoms with Crippen LogP contribution in [0.3, 0.4) is 0 Å². The number of amides is 1. The Morgan fingerprint density at radius 3 is 2.67 bits per heavy atom. The first-order chi connectivity index (χ1) is 12.7. The zero-order valence-electron chi connectivity index (χ0n) is 14.3. The van der Waals surface area contributed by atoms with Crippen LogP contribution in [0.2, 0.25) is 0 Å². The summed E-state index contributed by atoms with van der Waals surface area (Å²) in [5, 5.41) is 2.26. The van der Waals surface area contributed by atoms with E-state index in [1.54, 1.807) is 25.1 Å². The molecule has 1 aromatic carbocycles. The van der Waals surface area contributed by atoms with Crippen LogP contribution in [-0.2, 0) is 11.3 Å². The van der Waals surface area contributed by atoms with Crippen LogP contribution < -0.4 is 5.56 Å². The molecule has 1 aliphatic rings. The van der Waals surface area contributed by atoms with Crippen molar-refractivity contribution < 1.29 is 18.0 Å². The highest BCUT2D eigenvalue weighted by molar-refractivity contribution is 7.17. The lowest BCUT2D eigenvalue weighted by molar-refractivity contribution is -0.166. The molecule has 0 atom stereocenters. The second-order valence-corrected chi connectivity index (χ2v) is 7.62. The Labute approximate surface area is 156 Å². The zero-order chi connectivity index (χ0) is 19.3. The van der Waals surface area contributed by atoms with Crippen LogP contribution in [0.25, 0.3) is 21.2 Å². The van der Waals surface area contributed by atoms with Crippen molar-refractivity contribution in [2.24, 2.45) is 0 Å². The summed E-state index contributed by atoms with van der Waals surface area (Å²) in [6.45, 7) is 0.137. The maximum Gasteiger partial charge on any atom is 0.282 e. The number of nitrogens with zero attached hydrogens (tertiary/aromatic N) is 2. The van der Waals surface area contributed by atoms with E-state index < -0.39 is 24.9 Å². The lowest BCUT2D eigenvalue weighted by atomic mass is 10.0. The number of hydrogen-bond donors (Lipinski definition) is 0. The Balaban J connectivity index is 1.70. The average molecular weight is 392 g/mol. The van der Waals surface area contributed by atoms with E-state index in [1.165, 1.54) is 28.2 Å². The number of halogens is 3. The minimum atomic E-state index is -2.84. The number of carbonyl (C=O) groups is 1. The first kappa shape index (κ1) is 17.8. The molecule has 1 fully saturated rings. The number of aromatic nitrogens is 1. The van der Waals surface area contributed by atoms with Crippen LogP contribution in [0.1, 0.15) is 5.56 Å². The Kier molecular flexibility index (Phi) is 4.10. The largest absolute Gasteiger partial charge is 0.329 e. The number of aryl methyl sites for hydroxylation is 1. The van der Waals surface area contributed by atoms with E-state index in [0.717, 1.165) is 9.60 Å². The number of pyridine rings is 1. The lowest BCUT2D eigenvalue weighted by Gasteiger charge is -2.38. The summed E-state index contributed by atoms with van der Waals surface area (Å²) < 4.78 is 41.4. The fraction of sp³-hybridized carbons (Fsp3) is 0.263. The molecule has 0 aliphatic carbocycles. The number of carbonyl (C=O) groups excluding carboxylic acids is 1. The second-order valence-electron chi connectivity index (χ2n) is 6.71. The van der Waals surface area contributed by atoms with Gasteiger partial charge in [-0.05, 0) is 36.2 Å². The standard InChI is InChI=1S/C19H15F3N2O2S/c1-11-6-12(2-3-14(11)20)13-8-27-15-4-5-23(18(26)17(13)15)7-16(25)24-9-19(21,22)10-24/h2-6,8H,7,9-10H2,1H3. The summed E-state index contributed by atoms with van der Waals surface area (Å²) in [7, 11) is 0. The van der Waals surface area contributed by atoms with Gasteiger partial charge >= 0.3 is 0 Å². The van der Waals surface area contributed by atoms with Crippen molar-refractivity contribution >= 4 is 27.3 Å². The van der Waals surface area contributed by atoms with Crippen molar-refractivity contribution in [3.63, 3.8) is 0 Å². The molecule has 0 spiro atoms. The molecule has 0 bridgehead atoms. The highest BCUT2D eigenvalue weighted by Crippen LogP contribution is 2.32. The van der Waals surface area contributed by atoms with E-state index in [4.69, 9.17) is 0 Å². The molecule has 1 amide bonds. The topological polar surface area (TPSA) is 42.3 Å². The van der Waals surface area contributed by atoms with E-state index in [9.17, 15) is 22.8 Å². The first-order valence-corrected chi connectivity index (χ1v) is 9.16.